The van der Waals surface area contributed by atoms with E-state index >= 15 is 0 Å². The SMILES string of the molecule is COc1ccc(-c2nc([C@@H](Cc3ccccc3)C(=Cc3cc(Cl)ccc3-n3cnnn3)C(N)=O)[nH]c2Cl)cn1. The molecule has 0 aliphatic rings. The average molecular weight is 561 g/mol. The van der Waals surface area contributed by atoms with Gasteiger partial charge >= 0.3 is 0 Å². The van der Waals surface area contributed by atoms with Gasteiger partial charge < -0.3 is 15.5 Å². The zero-order chi connectivity index (χ0) is 27.4. The van der Waals surface area contributed by atoms with Crippen molar-refractivity contribution in [3.63, 3.8) is 0 Å². The van der Waals surface area contributed by atoms with Crippen molar-refractivity contribution in [2.75, 3.05) is 7.11 Å². The first-order valence-electron chi connectivity index (χ1n) is 11.8. The molecule has 0 bridgehead atoms. The van der Waals surface area contributed by atoms with Gasteiger partial charge in [0.25, 0.3) is 0 Å². The summed E-state index contributed by atoms with van der Waals surface area (Å²) in [6, 6.07) is 18.4. The second-order valence-corrected chi connectivity index (χ2v) is 9.35. The van der Waals surface area contributed by atoms with E-state index < -0.39 is 11.8 Å². The van der Waals surface area contributed by atoms with E-state index in [2.05, 4.69) is 25.5 Å². The number of nitrogens with zero attached hydrogens (tertiary/aromatic N) is 6. The van der Waals surface area contributed by atoms with Crippen LogP contribution in [0, 0.1) is 0 Å². The number of primary amides is 1. The van der Waals surface area contributed by atoms with Crippen molar-refractivity contribution >= 4 is 35.2 Å². The Morgan fingerprint density at radius 3 is 2.64 bits per heavy atom. The minimum atomic E-state index is -0.626. The van der Waals surface area contributed by atoms with Gasteiger partial charge in [-0.3, -0.25) is 4.79 Å². The Kier molecular flexibility index (Phi) is 7.67. The van der Waals surface area contributed by atoms with Gasteiger partial charge in [0.1, 0.15) is 23.0 Å². The van der Waals surface area contributed by atoms with Gasteiger partial charge in [0, 0.05) is 34.0 Å². The zero-order valence-corrected chi connectivity index (χ0v) is 22.1. The molecule has 1 atom stereocenters. The Hall–Kier alpha value is -4.54. The zero-order valence-electron chi connectivity index (χ0n) is 20.6. The van der Waals surface area contributed by atoms with E-state index in [9.17, 15) is 4.79 Å². The number of pyridine rings is 1. The highest BCUT2D eigenvalue weighted by atomic mass is 35.5. The van der Waals surface area contributed by atoms with Gasteiger partial charge in [0.15, 0.2) is 0 Å². The number of nitrogens with one attached hydrogen (secondary N) is 1. The van der Waals surface area contributed by atoms with Crippen molar-refractivity contribution in [3.8, 4) is 22.8 Å². The second-order valence-electron chi connectivity index (χ2n) is 8.54. The fourth-order valence-corrected chi connectivity index (χ4v) is 4.63. The first-order chi connectivity index (χ1) is 18.9. The molecule has 1 amide bonds. The lowest BCUT2D eigenvalue weighted by Crippen LogP contribution is -2.22. The smallest absolute Gasteiger partial charge is 0.245 e. The number of aromatic amines is 1. The highest BCUT2D eigenvalue weighted by Crippen LogP contribution is 2.34. The summed E-state index contributed by atoms with van der Waals surface area (Å²) in [7, 11) is 1.54. The summed E-state index contributed by atoms with van der Waals surface area (Å²) in [5.41, 5.74) is 9.63. The Morgan fingerprint density at radius 2 is 1.97 bits per heavy atom. The Bertz CT molecular complexity index is 1620. The molecule has 39 heavy (non-hydrogen) atoms. The van der Waals surface area contributed by atoms with Gasteiger partial charge in [0.2, 0.25) is 11.8 Å². The number of tetrazole rings is 1. The van der Waals surface area contributed by atoms with Crippen LogP contribution in [0.3, 0.4) is 0 Å². The maximum Gasteiger partial charge on any atom is 0.245 e. The summed E-state index contributed by atoms with van der Waals surface area (Å²) in [6.45, 7) is 0. The molecule has 3 N–H and O–H groups in total. The van der Waals surface area contributed by atoms with Crippen LogP contribution in [0.4, 0.5) is 0 Å². The van der Waals surface area contributed by atoms with E-state index in [1.54, 1.807) is 42.6 Å². The van der Waals surface area contributed by atoms with Crippen molar-refractivity contribution in [2.24, 2.45) is 5.73 Å². The summed E-state index contributed by atoms with van der Waals surface area (Å²) in [6.07, 6.45) is 5.17. The van der Waals surface area contributed by atoms with E-state index in [-0.39, 0.29) is 0 Å². The number of H-pyrrole nitrogens is 1. The van der Waals surface area contributed by atoms with Crippen LogP contribution in [0.5, 0.6) is 5.88 Å². The molecular formula is C27H22Cl2N8O2. The number of nitrogens with two attached hydrogens (primary N) is 1. The fraction of sp³-hybridized carbons (Fsp3) is 0.111. The van der Waals surface area contributed by atoms with E-state index in [1.165, 1.54) is 18.1 Å². The lowest BCUT2D eigenvalue weighted by molar-refractivity contribution is -0.114. The summed E-state index contributed by atoms with van der Waals surface area (Å²) >= 11 is 12.9. The lowest BCUT2D eigenvalue weighted by Gasteiger charge is -2.18. The maximum atomic E-state index is 13.0. The molecule has 0 aliphatic carbocycles. The van der Waals surface area contributed by atoms with Crippen LogP contribution in [0.15, 0.2) is 78.8 Å². The number of amides is 1. The van der Waals surface area contributed by atoms with Crippen LogP contribution in [0.25, 0.3) is 23.0 Å². The summed E-state index contributed by atoms with van der Waals surface area (Å²) in [5.74, 6) is -0.279. The molecule has 0 radical (unpaired) electrons. The van der Waals surface area contributed by atoms with Crippen molar-refractivity contribution in [1.82, 2.24) is 35.2 Å². The topological polar surface area (TPSA) is 137 Å². The molecule has 2 aromatic carbocycles. The molecule has 0 spiro atoms. The minimum absolute atomic E-state index is 0.292. The predicted octanol–water partition coefficient (Wildman–Crippen LogP) is 4.66. The number of hydrogen-bond acceptors (Lipinski definition) is 7. The third kappa shape index (κ3) is 5.82. The monoisotopic (exact) mass is 560 g/mol. The Labute approximate surface area is 233 Å². The van der Waals surface area contributed by atoms with Gasteiger partial charge in [-0.15, -0.1) is 5.10 Å². The van der Waals surface area contributed by atoms with E-state index in [0.29, 0.717) is 56.4 Å². The number of halogens is 2. The summed E-state index contributed by atoms with van der Waals surface area (Å²) in [4.78, 5) is 25.2. The first kappa shape index (κ1) is 26.1. The van der Waals surface area contributed by atoms with Crippen LogP contribution < -0.4 is 10.5 Å². The number of rotatable bonds is 9. The second kappa shape index (κ2) is 11.5. The van der Waals surface area contributed by atoms with Crippen LogP contribution in [-0.4, -0.2) is 48.2 Å². The Morgan fingerprint density at radius 1 is 1.15 bits per heavy atom. The number of carbonyl (C=O) groups excluding carboxylic acids is 1. The van der Waals surface area contributed by atoms with Crippen LogP contribution in [0.1, 0.15) is 22.9 Å². The molecule has 0 aliphatic heterocycles. The highest BCUT2D eigenvalue weighted by Gasteiger charge is 2.27. The third-order valence-electron chi connectivity index (χ3n) is 6.07. The largest absolute Gasteiger partial charge is 0.481 e. The number of hydrogen-bond donors (Lipinski definition) is 2. The average Bonchev–Trinajstić information content (AvgIpc) is 3.61. The molecule has 12 heteroatoms. The van der Waals surface area contributed by atoms with Gasteiger partial charge in [-0.2, -0.15) is 4.68 Å². The minimum Gasteiger partial charge on any atom is -0.481 e. The molecule has 196 valence electrons. The van der Waals surface area contributed by atoms with E-state index in [0.717, 1.165) is 5.56 Å². The normalized spacial score (nSPS) is 12.3. The number of benzene rings is 2. The van der Waals surface area contributed by atoms with Crippen molar-refractivity contribution in [3.05, 3.63) is 106 Å². The molecular weight excluding hydrogens is 539 g/mol. The first-order valence-corrected chi connectivity index (χ1v) is 12.5. The number of imidazole rings is 1. The predicted molar refractivity (Wildman–Crippen MR) is 148 cm³/mol. The van der Waals surface area contributed by atoms with Crippen molar-refractivity contribution in [2.45, 2.75) is 12.3 Å². The molecule has 0 unspecified atom stereocenters. The van der Waals surface area contributed by atoms with Gasteiger partial charge in [-0.05, 0) is 52.8 Å². The summed E-state index contributed by atoms with van der Waals surface area (Å²) in [5, 5.41) is 12.2. The van der Waals surface area contributed by atoms with E-state index in [1.807, 2.05) is 30.3 Å². The molecule has 0 saturated heterocycles. The number of carbonyl (C=O) groups is 1. The summed E-state index contributed by atoms with van der Waals surface area (Å²) < 4.78 is 6.63. The third-order valence-corrected chi connectivity index (χ3v) is 6.57. The fourth-order valence-electron chi connectivity index (χ4n) is 4.20. The van der Waals surface area contributed by atoms with Crippen LogP contribution in [-0.2, 0) is 11.2 Å². The molecule has 0 fully saturated rings. The maximum absolute atomic E-state index is 13.0. The highest BCUT2D eigenvalue weighted by molar-refractivity contribution is 6.32. The van der Waals surface area contributed by atoms with Gasteiger partial charge in [-0.1, -0.05) is 53.5 Å². The Balaban J connectivity index is 1.64. The molecule has 5 rings (SSSR count). The molecule has 5 aromatic rings. The molecule has 3 aromatic heterocycles. The van der Waals surface area contributed by atoms with Gasteiger partial charge in [0.05, 0.1) is 18.7 Å². The van der Waals surface area contributed by atoms with Crippen molar-refractivity contribution < 1.29 is 9.53 Å². The van der Waals surface area contributed by atoms with Crippen LogP contribution >= 0.6 is 23.2 Å². The van der Waals surface area contributed by atoms with Crippen LogP contribution in [0.2, 0.25) is 10.2 Å². The van der Waals surface area contributed by atoms with E-state index in [4.69, 9.17) is 38.7 Å². The lowest BCUT2D eigenvalue weighted by atomic mass is 9.89. The van der Waals surface area contributed by atoms with Crippen molar-refractivity contribution in [1.29, 1.82) is 0 Å². The quantitative estimate of drug-likeness (QED) is 0.250. The standard InChI is InChI=1S/C27H22Cl2N8O2/c1-39-23-10-7-17(14-31-23)24-25(29)34-27(33-24)21(11-16-5-3-2-4-6-16)20(26(30)38)13-18-12-19(28)8-9-22(18)37-15-32-35-36-37/h2-10,12-15,21H,11H2,1H3,(H2,30,38)(H,33,34)/t21-/m0/s1. The number of aromatic nitrogens is 7. The number of ether oxygens (including phenoxy) is 1. The molecule has 10 nitrogen and oxygen atoms in total. The number of methoxy groups -OCH3 is 1. The van der Waals surface area contributed by atoms with Gasteiger partial charge in [-0.25, -0.2) is 9.97 Å². The molecule has 0 saturated carbocycles. The molecule has 3 heterocycles.